The summed E-state index contributed by atoms with van der Waals surface area (Å²) in [7, 11) is -2.13. The van der Waals surface area contributed by atoms with Crippen LogP contribution in [0.4, 0.5) is 13.2 Å². The molecule has 0 aliphatic heterocycles. The molecule has 130 valence electrons. The van der Waals surface area contributed by atoms with E-state index in [0.29, 0.717) is 5.56 Å². The van der Waals surface area contributed by atoms with Crippen LogP contribution in [0.15, 0.2) is 30.3 Å². The SMILES string of the molecule is CNS(=O)(=O)Cc1ccc(Oc2cc(Cl)nc(C(F)(F)F)n2)cc1. The van der Waals surface area contributed by atoms with Crippen molar-refractivity contribution < 1.29 is 26.3 Å². The molecule has 0 unspecified atom stereocenters. The number of nitrogens with one attached hydrogen (secondary N) is 1. The zero-order valence-corrected chi connectivity index (χ0v) is 13.7. The van der Waals surface area contributed by atoms with E-state index in [9.17, 15) is 21.6 Å². The molecule has 0 amide bonds. The van der Waals surface area contributed by atoms with Gasteiger partial charge in [-0.25, -0.2) is 18.1 Å². The Hall–Kier alpha value is -1.91. The van der Waals surface area contributed by atoms with Gasteiger partial charge in [0.25, 0.3) is 0 Å². The van der Waals surface area contributed by atoms with E-state index in [2.05, 4.69) is 14.7 Å². The van der Waals surface area contributed by atoms with Crippen LogP contribution < -0.4 is 9.46 Å². The maximum Gasteiger partial charge on any atom is 0.451 e. The lowest BCUT2D eigenvalue weighted by atomic mass is 10.2. The van der Waals surface area contributed by atoms with Crippen LogP contribution in [0.3, 0.4) is 0 Å². The molecule has 0 fully saturated rings. The average Bonchev–Trinajstić information content (AvgIpc) is 2.47. The van der Waals surface area contributed by atoms with Gasteiger partial charge in [-0.2, -0.15) is 18.2 Å². The fraction of sp³-hybridized carbons (Fsp3) is 0.231. The van der Waals surface area contributed by atoms with Gasteiger partial charge in [0.1, 0.15) is 10.9 Å². The third kappa shape index (κ3) is 5.05. The first-order valence-corrected chi connectivity index (χ1v) is 8.42. The van der Waals surface area contributed by atoms with Gasteiger partial charge in [0.05, 0.1) is 5.75 Å². The maximum absolute atomic E-state index is 12.6. The predicted octanol–water partition coefficient (Wildman–Crippen LogP) is 2.99. The van der Waals surface area contributed by atoms with Gasteiger partial charge in [-0.15, -0.1) is 0 Å². The molecule has 6 nitrogen and oxygen atoms in total. The molecule has 0 radical (unpaired) electrons. The van der Waals surface area contributed by atoms with E-state index in [0.717, 1.165) is 6.07 Å². The highest BCUT2D eigenvalue weighted by atomic mass is 35.5. The first kappa shape index (κ1) is 18.4. The van der Waals surface area contributed by atoms with Crippen molar-refractivity contribution in [3.8, 4) is 11.6 Å². The minimum atomic E-state index is -4.76. The van der Waals surface area contributed by atoms with Crippen LogP contribution in [-0.2, 0) is 22.0 Å². The fourth-order valence-corrected chi connectivity index (χ4v) is 2.59. The summed E-state index contributed by atoms with van der Waals surface area (Å²) < 4.78 is 68.1. The van der Waals surface area contributed by atoms with Crippen molar-refractivity contribution in [1.29, 1.82) is 0 Å². The Kier molecular flexibility index (Phi) is 5.31. The monoisotopic (exact) mass is 381 g/mol. The molecule has 11 heteroatoms. The molecule has 1 heterocycles. The summed E-state index contributed by atoms with van der Waals surface area (Å²) in [4.78, 5) is 6.33. The number of benzene rings is 1. The lowest BCUT2D eigenvalue weighted by molar-refractivity contribution is -0.145. The number of aromatic nitrogens is 2. The van der Waals surface area contributed by atoms with Crippen molar-refractivity contribution in [3.63, 3.8) is 0 Å². The number of halogens is 4. The molecular formula is C13H11ClF3N3O3S. The summed E-state index contributed by atoms with van der Waals surface area (Å²) in [6.45, 7) is 0. The summed E-state index contributed by atoms with van der Waals surface area (Å²) in [5, 5.41) is -0.413. The Bertz CT molecular complexity index is 827. The molecular weight excluding hydrogens is 371 g/mol. The molecule has 0 atom stereocenters. The molecule has 1 aromatic carbocycles. The van der Waals surface area contributed by atoms with Crippen LogP contribution in [-0.4, -0.2) is 25.4 Å². The van der Waals surface area contributed by atoms with Crippen molar-refractivity contribution in [2.75, 3.05) is 7.05 Å². The van der Waals surface area contributed by atoms with Crippen molar-refractivity contribution >= 4 is 21.6 Å². The predicted molar refractivity (Wildman–Crippen MR) is 80.2 cm³/mol. The van der Waals surface area contributed by atoms with Gasteiger partial charge in [-0.05, 0) is 24.7 Å². The van der Waals surface area contributed by atoms with Crippen LogP contribution in [0.25, 0.3) is 0 Å². The van der Waals surface area contributed by atoms with Gasteiger partial charge in [-0.1, -0.05) is 23.7 Å². The molecule has 0 aliphatic carbocycles. The van der Waals surface area contributed by atoms with Gasteiger partial charge >= 0.3 is 6.18 Å². The Morgan fingerprint density at radius 3 is 2.38 bits per heavy atom. The Morgan fingerprint density at radius 2 is 1.83 bits per heavy atom. The van der Waals surface area contributed by atoms with Gasteiger partial charge < -0.3 is 4.74 Å². The number of nitrogens with zero attached hydrogens (tertiary/aromatic N) is 2. The minimum absolute atomic E-state index is 0.170. The quantitative estimate of drug-likeness (QED) is 0.805. The highest BCUT2D eigenvalue weighted by Gasteiger charge is 2.35. The molecule has 1 N–H and O–H groups in total. The second-order valence-electron chi connectivity index (χ2n) is 4.56. The maximum atomic E-state index is 12.6. The summed E-state index contributed by atoms with van der Waals surface area (Å²) in [6.07, 6.45) is -4.76. The number of hydrogen-bond acceptors (Lipinski definition) is 5. The van der Waals surface area contributed by atoms with Gasteiger partial charge in [0, 0.05) is 6.07 Å². The van der Waals surface area contributed by atoms with E-state index in [4.69, 9.17) is 16.3 Å². The Morgan fingerprint density at radius 1 is 1.21 bits per heavy atom. The summed E-state index contributed by atoms with van der Waals surface area (Å²) in [5.74, 6) is -1.86. The van der Waals surface area contributed by atoms with Crippen molar-refractivity contribution in [3.05, 3.63) is 46.9 Å². The van der Waals surface area contributed by atoms with Crippen LogP contribution >= 0.6 is 11.6 Å². The minimum Gasteiger partial charge on any atom is -0.439 e. The lowest BCUT2D eigenvalue weighted by Gasteiger charge is -2.09. The smallest absolute Gasteiger partial charge is 0.439 e. The number of alkyl halides is 3. The van der Waals surface area contributed by atoms with E-state index < -0.39 is 27.2 Å². The van der Waals surface area contributed by atoms with Crippen LogP contribution in [0, 0.1) is 0 Å². The second kappa shape index (κ2) is 6.91. The number of ether oxygens (including phenoxy) is 1. The van der Waals surface area contributed by atoms with Crippen molar-refractivity contribution in [2.24, 2.45) is 0 Å². The molecule has 0 aliphatic rings. The van der Waals surface area contributed by atoms with Gasteiger partial charge in [0.2, 0.25) is 21.7 Å². The third-order valence-electron chi connectivity index (χ3n) is 2.74. The van der Waals surface area contributed by atoms with E-state index in [1.54, 1.807) is 0 Å². The first-order chi connectivity index (χ1) is 11.1. The first-order valence-electron chi connectivity index (χ1n) is 6.39. The highest BCUT2D eigenvalue weighted by molar-refractivity contribution is 7.88. The Labute approximate surface area is 140 Å². The van der Waals surface area contributed by atoms with E-state index in [1.165, 1.54) is 31.3 Å². The highest BCUT2D eigenvalue weighted by Crippen LogP contribution is 2.30. The summed E-state index contributed by atoms with van der Waals surface area (Å²) in [5.41, 5.74) is 0.480. The molecule has 0 saturated carbocycles. The van der Waals surface area contributed by atoms with Crippen LogP contribution in [0.2, 0.25) is 5.15 Å². The number of sulfonamides is 1. The normalized spacial score (nSPS) is 12.2. The molecule has 1 aromatic heterocycles. The second-order valence-corrected chi connectivity index (χ2v) is 6.87. The zero-order chi connectivity index (χ0) is 18.0. The number of rotatable bonds is 5. The zero-order valence-electron chi connectivity index (χ0n) is 12.1. The molecule has 24 heavy (non-hydrogen) atoms. The third-order valence-corrected chi connectivity index (χ3v) is 4.27. The molecule has 2 rings (SSSR count). The standard InChI is InChI=1S/C13H11ClF3N3O3S/c1-18-24(21,22)7-8-2-4-9(5-3-8)23-11-6-10(14)19-12(20-11)13(15,16)17/h2-6,18H,7H2,1H3. The van der Waals surface area contributed by atoms with Gasteiger partial charge in [0.15, 0.2) is 0 Å². The van der Waals surface area contributed by atoms with Crippen LogP contribution in [0.5, 0.6) is 11.6 Å². The average molecular weight is 382 g/mol. The van der Waals surface area contributed by atoms with Gasteiger partial charge in [-0.3, -0.25) is 0 Å². The fourth-order valence-electron chi connectivity index (χ4n) is 1.64. The van der Waals surface area contributed by atoms with E-state index >= 15 is 0 Å². The molecule has 0 saturated heterocycles. The molecule has 0 spiro atoms. The summed E-state index contributed by atoms with van der Waals surface area (Å²) >= 11 is 5.53. The number of hydrogen-bond donors (Lipinski definition) is 1. The van der Waals surface area contributed by atoms with E-state index in [-0.39, 0.29) is 17.4 Å². The topological polar surface area (TPSA) is 81.2 Å². The summed E-state index contributed by atoms with van der Waals surface area (Å²) in [6, 6.07) is 6.79. The molecule has 2 aromatic rings. The van der Waals surface area contributed by atoms with Crippen molar-refractivity contribution in [1.82, 2.24) is 14.7 Å². The molecule has 0 bridgehead atoms. The van der Waals surface area contributed by atoms with Crippen LogP contribution in [0.1, 0.15) is 11.4 Å². The van der Waals surface area contributed by atoms with Crippen molar-refractivity contribution in [2.45, 2.75) is 11.9 Å². The van der Waals surface area contributed by atoms with E-state index in [1.807, 2.05) is 0 Å². The largest absolute Gasteiger partial charge is 0.451 e. The Balaban J connectivity index is 2.19. The lowest BCUT2D eigenvalue weighted by Crippen LogP contribution is -2.20.